The number of rotatable bonds is 20. The van der Waals surface area contributed by atoms with E-state index in [1.54, 1.807) is 70.3 Å². The second kappa shape index (κ2) is 40.8. The van der Waals surface area contributed by atoms with E-state index in [0.717, 1.165) is 150 Å². The monoisotopic (exact) mass is 1800 g/mol. The van der Waals surface area contributed by atoms with Crippen molar-refractivity contribution < 1.29 is 18.9 Å². The lowest BCUT2D eigenvalue weighted by molar-refractivity contribution is 0.181. The minimum atomic E-state index is -0.0980. The maximum Gasteiger partial charge on any atom is 0.258 e. The van der Waals surface area contributed by atoms with Gasteiger partial charge < -0.3 is 58.1 Å². The van der Waals surface area contributed by atoms with Crippen molar-refractivity contribution in [2.75, 3.05) is 180 Å². The third kappa shape index (κ3) is 21.1. The van der Waals surface area contributed by atoms with Crippen LogP contribution in [0.15, 0.2) is 178 Å². The molecular formula is C103H126N22O8. The summed E-state index contributed by atoms with van der Waals surface area (Å²) in [6.45, 7) is 28.6. The average Bonchev–Trinajstić information content (AvgIpc) is 0.909. The van der Waals surface area contributed by atoms with E-state index in [0.29, 0.717) is 79.8 Å². The molecule has 30 nitrogen and oxygen atoms in total. The standard InChI is InChI=1S/C27H33N7O.C26H31N7O.C26H32N4O3.C24H30N4O3/c1-19-16-34-25(20(2)28-19)14-24(30-34)23-15-27(35)33-18-22(6-7-26(33)29-23)32-12-8-21(9-13-32)17-31-10-4-3-5-11-31;1-18-15-33-24(19(2)27-18)13-23(29-33)22-14-26(34)32-17-21(5-6-25(32)28-22)31-11-7-20(8-12-31)16-30-9-3-4-10-30;1-32-23-7-5-20(15-24(23)33-2)22-16-26(31)30-18-21(6-8-25(30)27-22)29-13-9-19(10-14-29)17-28-11-3-4-12-28;1-26(2)15-17-9-11-27(12-10-17)19-6-8-23-25-20(14-24(29)28(23)16-19)18-5-7-21(30-3)22(13-18)31-4/h6-7,14-16,18,21H,3-5,8-13,17H2,1-2H3;5-6,13-15,17,20H,3-4,7-12,16H2,1-2H3;5-8,15-16,18-19H,3-4,9-14,17H2,1-2H3;5-8,13-14,16-17H,9-12,15H2,1-4H3. The van der Waals surface area contributed by atoms with Crippen LogP contribution in [-0.4, -0.2) is 247 Å². The Kier molecular flexibility index (Phi) is 27.9. The maximum absolute atomic E-state index is 13.1. The number of aryl methyl sites for hydroxylation is 4. The zero-order chi connectivity index (χ0) is 91.9. The molecule has 0 aliphatic carbocycles. The van der Waals surface area contributed by atoms with Gasteiger partial charge in [0.1, 0.15) is 34.0 Å². The van der Waals surface area contributed by atoms with Gasteiger partial charge in [0.25, 0.3) is 22.2 Å². The van der Waals surface area contributed by atoms with Crippen molar-refractivity contribution >= 4 is 56.4 Å². The van der Waals surface area contributed by atoms with E-state index in [1.807, 2.05) is 147 Å². The van der Waals surface area contributed by atoms with Crippen molar-refractivity contribution in [1.29, 1.82) is 0 Å². The number of hydrogen-bond acceptors (Lipinski definition) is 24. The molecule has 21 rings (SSSR count). The Morgan fingerprint density at radius 1 is 0.308 bits per heavy atom. The van der Waals surface area contributed by atoms with Gasteiger partial charge in [0.05, 0.1) is 120 Å². The smallest absolute Gasteiger partial charge is 0.258 e. The fraction of sp³-hybridized carbons (Fsp3) is 0.456. The third-order valence-electron chi connectivity index (χ3n) is 27.9. The highest BCUT2D eigenvalue weighted by Crippen LogP contribution is 2.37. The average molecular weight is 1800 g/mol. The highest BCUT2D eigenvalue weighted by Gasteiger charge is 2.30. The number of piperidine rings is 5. The summed E-state index contributed by atoms with van der Waals surface area (Å²) in [7, 11) is 10.7. The fourth-order valence-electron chi connectivity index (χ4n) is 20.7. The Morgan fingerprint density at radius 2 is 0.602 bits per heavy atom. The molecule has 0 atom stereocenters. The molecule has 0 N–H and O–H groups in total. The lowest BCUT2D eigenvalue weighted by atomic mass is 9.95. The van der Waals surface area contributed by atoms with Crippen molar-refractivity contribution in [2.24, 2.45) is 23.7 Å². The molecule has 12 aromatic heterocycles. The molecule has 0 saturated carbocycles. The number of aromatic nitrogens is 14. The molecule has 0 spiro atoms. The van der Waals surface area contributed by atoms with E-state index in [2.05, 4.69) is 97.7 Å². The van der Waals surface area contributed by atoms with E-state index in [-0.39, 0.29) is 22.2 Å². The van der Waals surface area contributed by atoms with E-state index in [4.69, 9.17) is 38.9 Å². The van der Waals surface area contributed by atoms with Gasteiger partial charge in [-0.1, -0.05) is 6.42 Å². The van der Waals surface area contributed by atoms with Crippen molar-refractivity contribution in [2.45, 2.75) is 124 Å². The molecule has 133 heavy (non-hydrogen) atoms. The van der Waals surface area contributed by atoms with Crippen LogP contribution in [0, 0.1) is 51.4 Å². The van der Waals surface area contributed by atoms with Crippen LogP contribution in [0.4, 0.5) is 22.7 Å². The Morgan fingerprint density at radius 3 is 0.910 bits per heavy atom. The molecule has 7 saturated heterocycles. The fourth-order valence-corrected chi connectivity index (χ4v) is 20.7. The normalized spacial score (nSPS) is 17.2. The molecule has 14 aromatic rings. The SMILES string of the molecule is COc1ccc(-c2cc(=O)n3cc(N4CCC(CN(C)C)CC4)ccc3n2)cc1OC.COc1ccc(-c2cc(=O)n3cc(N4CCC(CN5CCCC5)CC4)ccc3n2)cc1OC.Cc1cn2nc(-c3cc(=O)n4cc(N5CCC(CN6CCCC6)CC5)ccc4n3)cc2c(C)n1.Cc1cn2nc(-c3cc(=O)n4cc(N5CCC(CN6CCCCC6)CC5)ccc4n3)cc2c(C)n1. The zero-order valence-electron chi connectivity index (χ0n) is 78.8. The Hall–Kier alpha value is -12.6. The highest BCUT2D eigenvalue weighted by atomic mass is 16.5. The summed E-state index contributed by atoms with van der Waals surface area (Å²) < 4.78 is 31.6. The molecule has 0 unspecified atom stereocenters. The minimum Gasteiger partial charge on any atom is -0.493 e. The zero-order valence-corrected chi connectivity index (χ0v) is 78.8. The number of nitrogens with zero attached hydrogens (tertiary/aromatic N) is 22. The Labute approximate surface area is 776 Å². The lowest BCUT2D eigenvalue weighted by Gasteiger charge is -2.37. The Bertz CT molecular complexity index is 6730. The molecular weight excluding hydrogens is 1670 g/mol. The predicted molar refractivity (Wildman–Crippen MR) is 526 cm³/mol. The van der Waals surface area contributed by atoms with E-state index in [1.165, 1.54) is 155 Å². The van der Waals surface area contributed by atoms with Crippen LogP contribution in [0.1, 0.15) is 119 Å². The second-order valence-corrected chi connectivity index (χ2v) is 37.5. The number of benzene rings is 2. The van der Waals surface area contributed by atoms with Crippen molar-refractivity contribution in [3.05, 3.63) is 223 Å². The van der Waals surface area contributed by atoms with Crippen LogP contribution in [0.3, 0.4) is 0 Å². The number of fused-ring (bicyclic) bond motifs is 6. The summed E-state index contributed by atoms with van der Waals surface area (Å²) >= 11 is 0. The first-order valence-electron chi connectivity index (χ1n) is 47.8. The number of likely N-dealkylation sites (tertiary alicyclic amines) is 3. The van der Waals surface area contributed by atoms with E-state index < -0.39 is 0 Å². The number of methoxy groups -OCH3 is 4. The highest BCUT2D eigenvalue weighted by molar-refractivity contribution is 5.71. The van der Waals surface area contributed by atoms with Crippen LogP contribution in [0.25, 0.3) is 78.9 Å². The maximum atomic E-state index is 13.1. The summed E-state index contributed by atoms with van der Waals surface area (Å²) in [6.07, 6.45) is 30.6. The molecule has 696 valence electrons. The van der Waals surface area contributed by atoms with Crippen LogP contribution in [-0.2, 0) is 0 Å². The molecule has 0 amide bonds. The molecule has 19 heterocycles. The first-order valence-corrected chi connectivity index (χ1v) is 47.8. The topological polar surface area (TPSA) is 261 Å². The van der Waals surface area contributed by atoms with Gasteiger partial charge in [0.15, 0.2) is 23.0 Å². The van der Waals surface area contributed by atoms with Gasteiger partial charge in [-0.25, -0.2) is 29.0 Å². The third-order valence-corrected chi connectivity index (χ3v) is 27.9. The van der Waals surface area contributed by atoms with Crippen LogP contribution >= 0.6 is 0 Å². The van der Waals surface area contributed by atoms with Crippen LogP contribution < -0.4 is 60.8 Å². The summed E-state index contributed by atoms with van der Waals surface area (Å²) in [5.74, 6) is 5.60. The summed E-state index contributed by atoms with van der Waals surface area (Å²) in [6, 6.07) is 37.4. The minimum absolute atomic E-state index is 0.0874. The molecule has 30 heteroatoms. The number of hydrogen-bond donors (Lipinski definition) is 0. The molecule has 7 aliphatic rings. The van der Waals surface area contributed by atoms with Crippen molar-refractivity contribution in [1.82, 2.24) is 86.3 Å². The van der Waals surface area contributed by atoms with Gasteiger partial charge in [-0.3, -0.25) is 46.7 Å². The molecule has 7 fully saturated rings. The van der Waals surface area contributed by atoms with Gasteiger partial charge in [-0.15, -0.1) is 0 Å². The quantitative estimate of drug-likeness (QED) is 0.0686. The molecule has 2 aromatic carbocycles. The van der Waals surface area contributed by atoms with Crippen molar-refractivity contribution in [3.8, 4) is 68.3 Å². The number of pyridine rings is 4. The van der Waals surface area contributed by atoms with Crippen LogP contribution in [0.2, 0.25) is 0 Å². The van der Waals surface area contributed by atoms with Gasteiger partial charge in [0, 0.05) is 139 Å². The summed E-state index contributed by atoms with van der Waals surface area (Å²) in [5, 5.41) is 9.29. The Balaban J connectivity index is 0.000000119. The predicted octanol–water partition coefficient (Wildman–Crippen LogP) is 13.9. The van der Waals surface area contributed by atoms with E-state index >= 15 is 0 Å². The van der Waals surface area contributed by atoms with Crippen molar-refractivity contribution in [3.63, 3.8) is 0 Å². The molecule has 0 radical (unpaired) electrons. The van der Waals surface area contributed by atoms with Gasteiger partial charge in [-0.05, 0) is 292 Å². The number of anilines is 4. The van der Waals surface area contributed by atoms with Gasteiger partial charge in [-0.2, -0.15) is 10.2 Å². The first kappa shape index (κ1) is 90.9. The van der Waals surface area contributed by atoms with Gasteiger partial charge in [0.2, 0.25) is 0 Å². The van der Waals surface area contributed by atoms with Gasteiger partial charge >= 0.3 is 0 Å². The number of ether oxygens (including phenoxy) is 4. The second-order valence-electron chi connectivity index (χ2n) is 37.5. The largest absolute Gasteiger partial charge is 0.493 e. The first-order chi connectivity index (χ1) is 64.7. The summed E-state index contributed by atoms with van der Waals surface area (Å²) in [5.41, 5.74) is 17.4. The molecule has 7 aliphatic heterocycles. The van der Waals surface area contributed by atoms with Crippen LogP contribution in [0.5, 0.6) is 23.0 Å². The molecule has 0 bridgehead atoms. The van der Waals surface area contributed by atoms with E-state index in [9.17, 15) is 19.2 Å². The summed E-state index contributed by atoms with van der Waals surface area (Å²) in [4.78, 5) is 99.7. The lowest BCUT2D eigenvalue weighted by Crippen LogP contribution is -2.40.